The van der Waals surface area contributed by atoms with Crippen molar-refractivity contribution in [2.24, 2.45) is 0 Å². The Balaban J connectivity index is 2.51. The van der Waals surface area contributed by atoms with E-state index in [0.29, 0.717) is 16.1 Å². The van der Waals surface area contributed by atoms with E-state index in [4.69, 9.17) is 0 Å². The molecule has 0 aliphatic carbocycles. The van der Waals surface area contributed by atoms with Gasteiger partial charge in [-0.1, -0.05) is 22.0 Å². The lowest BCUT2D eigenvalue weighted by atomic mass is 10.1. The molecular formula is C16H14BrF3N2O3S. The second-order valence-electron chi connectivity index (χ2n) is 5.45. The molecule has 0 aliphatic heterocycles. The van der Waals surface area contributed by atoms with Crippen molar-refractivity contribution in [3.05, 3.63) is 52.0 Å². The number of halogens is 4. The topological polar surface area (TPSA) is 75.3 Å². The average molecular weight is 451 g/mol. The van der Waals surface area contributed by atoms with Gasteiger partial charge in [0.1, 0.15) is 0 Å². The largest absolute Gasteiger partial charge is 0.418 e. The maximum Gasteiger partial charge on any atom is 0.418 e. The number of benzene rings is 2. The monoisotopic (exact) mass is 450 g/mol. The molecule has 0 spiro atoms. The fourth-order valence-electron chi connectivity index (χ4n) is 2.21. The highest BCUT2D eigenvalue weighted by Crippen LogP contribution is 2.37. The first kappa shape index (κ1) is 20.2. The standard InChI is InChI=1S/C16H14BrF3N2O3S/c1-9-3-4-11(17)7-15(9)26(24,25)22-14-6-5-12(21-10(2)23)8-13(14)16(18,19)20/h3-8,22H,1-2H3,(H,21,23). The van der Waals surface area contributed by atoms with Crippen molar-refractivity contribution in [3.63, 3.8) is 0 Å². The molecule has 0 atom stereocenters. The smallest absolute Gasteiger partial charge is 0.326 e. The number of aryl methyl sites for hydroxylation is 1. The third-order valence-electron chi connectivity index (χ3n) is 3.33. The van der Waals surface area contributed by atoms with E-state index < -0.39 is 33.4 Å². The minimum Gasteiger partial charge on any atom is -0.326 e. The lowest BCUT2D eigenvalue weighted by Gasteiger charge is -2.17. The van der Waals surface area contributed by atoms with E-state index >= 15 is 0 Å². The Morgan fingerprint density at radius 2 is 1.77 bits per heavy atom. The van der Waals surface area contributed by atoms with Crippen LogP contribution in [0, 0.1) is 6.92 Å². The van der Waals surface area contributed by atoms with Crippen molar-refractivity contribution >= 4 is 43.2 Å². The van der Waals surface area contributed by atoms with E-state index in [1.54, 1.807) is 6.07 Å². The number of anilines is 2. The number of nitrogens with one attached hydrogen (secondary N) is 2. The van der Waals surface area contributed by atoms with Crippen LogP contribution < -0.4 is 10.0 Å². The fraction of sp³-hybridized carbons (Fsp3) is 0.188. The minimum atomic E-state index is -4.82. The summed E-state index contributed by atoms with van der Waals surface area (Å²) in [6, 6.07) is 7.27. The predicted molar refractivity (Wildman–Crippen MR) is 95.4 cm³/mol. The fourth-order valence-corrected chi connectivity index (χ4v) is 4.08. The summed E-state index contributed by atoms with van der Waals surface area (Å²) in [4.78, 5) is 10.9. The Kier molecular flexibility index (Phi) is 5.67. The molecule has 0 bridgehead atoms. The van der Waals surface area contributed by atoms with Crippen molar-refractivity contribution < 1.29 is 26.4 Å². The van der Waals surface area contributed by atoms with Crippen molar-refractivity contribution in [2.75, 3.05) is 10.0 Å². The summed E-state index contributed by atoms with van der Waals surface area (Å²) < 4.78 is 67.5. The molecule has 2 aromatic rings. The van der Waals surface area contributed by atoms with Crippen LogP contribution in [0.3, 0.4) is 0 Å². The molecule has 26 heavy (non-hydrogen) atoms. The lowest BCUT2D eigenvalue weighted by molar-refractivity contribution is -0.136. The van der Waals surface area contributed by atoms with Gasteiger partial charge in [-0.15, -0.1) is 0 Å². The van der Waals surface area contributed by atoms with Crippen LogP contribution in [0.1, 0.15) is 18.1 Å². The van der Waals surface area contributed by atoms with Gasteiger partial charge in [0.2, 0.25) is 5.91 Å². The Bertz CT molecular complexity index is 960. The summed E-state index contributed by atoms with van der Waals surface area (Å²) in [7, 11) is -4.25. The predicted octanol–water partition coefficient (Wildman–Crippen LogP) is 4.54. The van der Waals surface area contributed by atoms with Gasteiger partial charge in [0.25, 0.3) is 10.0 Å². The maximum absolute atomic E-state index is 13.3. The zero-order valence-corrected chi connectivity index (χ0v) is 16.0. The molecule has 0 fully saturated rings. The van der Waals surface area contributed by atoms with Gasteiger partial charge in [-0.05, 0) is 42.8 Å². The van der Waals surface area contributed by atoms with E-state index in [1.807, 2.05) is 4.72 Å². The Labute approximate surface area is 156 Å². The van der Waals surface area contributed by atoms with Gasteiger partial charge in [-0.3, -0.25) is 9.52 Å². The first-order chi connectivity index (χ1) is 11.9. The molecule has 1 amide bonds. The molecule has 0 heterocycles. The number of amides is 1. The number of hydrogen-bond donors (Lipinski definition) is 2. The van der Waals surface area contributed by atoms with Gasteiger partial charge >= 0.3 is 6.18 Å². The molecule has 10 heteroatoms. The van der Waals surface area contributed by atoms with Crippen LogP contribution in [-0.2, 0) is 21.0 Å². The number of alkyl halides is 3. The molecule has 140 valence electrons. The molecule has 2 N–H and O–H groups in total. The quantitative estimate of drug-likeness (QED) is 0.717. The Morgan fingerprint density at radius 3 is 2.35 bits per heavy atom. The maximum atomic E-state index is 13.3. The van der Waals surface area contributed by atoms with Crippen molar-refractivity contribution in [1.82, 2.24) is 0 Å². The highest BCUT2D eigenvalue weighted by molar-refractivity contribution is 9.10. The second kappa shape index (κ2) is 7.28. The van der Waals surface area contributed by atoms with Crippen LogP contribution in [0.25, 0.3) is 0 Å². The number of carbonyl (C=O) groups is 1. The second-order valence-corrected chi connectivity index (χ2v) is 8.02. The van der Waals surface area contributed by atoms with Crippen LogP contribution in [-0.4, -0.2) is 14.3 Å². The van der Waals surface area contributed by atoms with Crippen LogP contribution in [0.5, 0.6) is 0 Å². The minimum absolute atomic E-state index is 0.0913. The van der Waals surface area contributed by atoms with Crippen LogP contribution in [0.2, 0.25) is 0 Å². The summed E-state index contributed by atoms with van der Waals surface area (Å²) in [6.45, 7) is 2.69. The number of sulfonamides is 1. The van der Waals surface area contributed by atoms with Crippen molar-refractivity contribution in [2.45, 2.75) is 24.9 Å². The zero-order chi connectivity index (χ0) is 19.7. The Hall–Kier alpha value is -2.07. The van der Waals surface area contributed by atoms with Gasteiger partial charge < -0.3 is 5.32 Å². The SMILES string of the molecule is CC(=O)Nc1ccc(NS(=O)(=O)c2cc(Br)ccc2C)c(C(F)(F)F)c1. The molecule has 0 saturated carbocycles. The summed E-state index contributed by atoms with van der Waals surface area (Å²) in [6.07, 6.45) is -4.82. The van der Waals surface area contributed by atoms with E-state index in [-0.39, 0.29) is 10.6 Å². The van der Waals surface area contributed by atoms with Gasteiger partial charge in [0.15, 0.2) is 0 Å². The third-order valence-corrected chi connectivity index (χ3v) is 5.33. The molecule has 0 radical (unpaired) electrons. The normalized spacial score (nSPS) is 11.9. The van der Waals surface area contributed by atoms with E-state index in [0.717, 1.165) is 13.0 Å². The van der Waals surface area contributed by atoms with Crippen molar-refractivity contribution in [3.8, 4) is 0 Å². The van der Waals surface area contributed by atoms with Gasteiger partial charge in [-0.25, -0.2) is 8.42 Å². The van der Waals surface area contributed by atoms with Gasteiger partial charge in [0.05, 0.1) is 16.1 Å². The molecule has 0 saturated heterocycles. The summed E-state index contributed by atoms with van der Waals surface area (Å²) >= 11 is 3.14. The van der Waals surface area contributed by atoms with Crippen LogP contribution in [0.15, 0.2) is 45.8 Å². The Morgan fingerprint density at radius 1 is 1.12 bits per heavy atom. The third kappa shape index (κ3) is 4.76. The zero-order valence-electron chi connectivity index (χ0n) is 13.6. The van der Waals surface area contributed by atoms with E-state index in [1.165, 1.54) is 25.1 Å². The first-order valence-electron chi connectivity index (χ1n) is 7.18. The molecule has 2 aromatic carbocycles. The van der Waals surface area contributed by atoms with Gasteiger partial charge in [-0.2, -0.15) is 13.2 Å². The summed E-state index contributed by atoms with van der Waals surface area (Å²) in [5.41, 5.74) is -1.55. The van der Waals surface area contributed by atoms with E-state index in [2.05, 4.69) is 21.2 Å². The van der Waals surface area contributed by atoms with E-state index in [9.17, 15) is 26.4 Å². The molecule has 0 aliphatic rings. The van der Waals surface area contributed by atoms with Gasteiger partial charge in [0, 0.05) is 17.1 Å². The molecule has 2 rings (SSSR count). The summed E-state index contributed by atoms with van der Waals surface area (Å²) in [5.74, 6) is -0.545. The molecule has 5 nitrogen and oxygen atoms in total. The average Bonchev–Trinajstić information content (AvgIpc) is 2.49. The van der Waals surface area contributed by atoms with Crippen molar-refractivity contribution in [1.29, 1.82) is 0 Å². The lowest BCUT2D eigenvalue weighted by Crippen LogP contribution is -2.18. The molecular weight excluding hydrogens is 437 g/mol. The summed E-state index contributed by atoms with van der Waals surface area (Å²) in [5, 5.41) is 2.23. The number of rotatable bonds is 4. The number of hydrogen-bond acceptors (Lipinski definition) is 3. The first-order valence-corrected chi connectivity index (χ1v) is 9.45. The molecule has 0 aromatic heterocycles. The van der Waals surface area contributed by atoms with Crippen LogP contribution in [0.4, 0.5) is 24.5 Å². The molecule has 0 unspecified atom stereocenters. The highest BCUT2D eigenvalue weighted by atomic mass is 79.9. The number of carbonyl (C=O) groups excluding carboxylic acids is 1. The highest BCUT2D eigenvalue weighted by Gasteiger charge is 2.35. The van der Waals surface area contributed by atoms with Crippen LogP contribution >= 0.6 is 15.9 Å².